The molecule has 0 spiro atoms. The lowest BCUT2D eigenvalue weighted by Gasteiger charge is -2.28. The Morgan fingerprint density at radius 3 is 2.15 bits per heavy atom. The highest BCUT2D eigenvalue weighted by Crippen LogP contribution is 2.38. The molecule has 0 fully saturated rings. The molecule has 1 aliphatic carbocycles. The first-order valence-corrected chi connectivity index (χ1v) is 11.0. The zero-order valence-electron chi connectivity index (χ0n) is 17.3. The van der Waals surface area contributed by atoms with E-state index in [2.05, 4.69) is 4.98 Å². The maximum atomic E-state index is 13.2. The van der Waals surface area contributed by atoms with Gasteiger partial charge >= 0.3 is 0 Å². The van der Waals surface area contributed by atoms with Crippen molar-refractivity contribution in [2.24, 2.45) is 0 Å². The van der Waals surface area contributed by atoms with Crippen LogP contribution in [0.25, 0.3) is 0 Å². The van der Waals surface area contributed by atoms with Crippen molar-refractivity contribution in [2.75, 3.05) is 4.90 Å². The van der Waals surface area contributed by atoms with Crippen molar-refractivity contribution in [2.45, 2.75) is 6.42 Å². The van der Waals surface area contributed by atoms with E-state index in [4.69, 9.17) is 23.2 Å². The van der Waals surface area contributed by atoms with E-state index in [9.17, 15) is 9.59 Å². The minimum Gasteiger partial charge on any atom is -0.311 e. The summed E-state index contributed by atoms with van der Waals surface area (Å²) in [4.78, 5) is 33.2. The van der Waals surface area contributed by atoms with Gasteiger partial charge in [0.05, 0.1) is 5.56 Å². The molecule has 33 heavy (non-hydrogen) atoms. The molecule has 0 saturated carbocycles. The first-order chi connectivity index (χ1) is 16.0. The van der Waals surface area contributed by atoms with Crippen molar-refractivity contribution >= 4 is 46.4 Å². The smallest absolute Gasteiger partial charge is 0.266 e. The van der Waals surface area contributed by atoms with Gasteiger partial charge in [-0.25, -0.2) is 4.90 Å². The van der Waals surface area contributed by atoms with Gasteiger partial charge in [0.2, 0.25) is 0 Å². The highest BCUT2D eigenvalue weighted by atomic mass is 35.5. The molecule has 0 N–H and O–H groups in total. The molecule has 162 valence electrons. The number of anilines is 2. The number of hydrogen-bond acceptors (Lipinski definition) is 4. The van der Waals surface area contributed by atoms with Crippen LogP contribution in [-0.4, -0.2) is 21.7 Å². The van der Waals surface area contributed by atoms with E-state index in [-0.39, 0.29) is 5.91 Å². The Kier molecular flexibility index (Phi) is 5.58. The number of pyridine rings is 1. The van der Waals surface area contributed by atoms with Crippen LogP contribution in [0.5, 0.6) is 0 Å². The number of fused-ring (bicyclic) bond motifs is 1. The molecule has 5 rings (SSSR count). The molecule has 0 saturated heterocycles. The second-order valence-corrected chi connectivity index (χ2v) is 8.43. The molecular formula is C26H17Cl2N3O2. The van der Waals surface area contributed by atoms with Gasteiger partial charge in [0, 0.05) is 51.3 Å². The first-order valence-electron chi connectivity index (χ1n) is 10.2. The number of carbonyl (C=O) groups excluding carboxylic acids is 2. The summed E-state index contributed by atoms with van der Waals surface area (Å²) >= 11 is 12.2. The van der Waals surface area contributed by atoms with Crippen molar-refractivity contribution in [1.82, 2.24) is 9.88 Å². The Bertz CT molecular complexity index is 1280. The van der Waals surface area contributed by atoms with Crippen LogP contribution in [0, 0.1) is 0 Å². The number of benzene rings is 2. The fourth-order valence-electron chi connectivity index (χ4n) is 3.85. The zero-order chi connectivity index (χ0) is 22.9. The third-order valence-electron chi connectivity index (χ3n) is 5.46. The molecule has 0 unspecified atom stereocenters. The minimum atomic E-state index is -0.398. The van der Waals surface area contributed by atoms with Crippen LogP contribution in [0.2, 0.25) is 10.0 Å². The van der Waals surface area contributed by atoms with E-state index in [1.807, 2.05) is 65.6 Å². The van der Waals surface area contributed by atoms with Gasteiger partial charge in [-0.1, -0.05) is 29.3 Å². The fraction of sp³-hybridized carbons (Fsp3) is 0.0385. The number of nitrogens with zero attached hydrogens (tertiary/aromatic N) is 3. The van der Waals surface area contributed by atoms with E-state index < -0.39 is 5.91 Å². The van der Waals surface area contributed by atoms with E-state index in [0.717, 1.165) is 27.5 Å². The number of halogens is 2. The molecule has 2 aliphatic rings. The summed E-state index contributed by atoms with van der Waals surface area (Å²) in [6.07, 6.45) is 9.02. The van der Waals surface area contributed by atoms with Crippen molar-refractivity contribution in [3.8, 4) is 0 Å². The van der Waals surface area contributed by atoms with Crippen LogP contribution in [0.3, 0.4) is 0 Å². The highest BCUT2D eigenvalue weighted by molar-refractivity contribution is 6.31. The van der Waals surface area contributed by atoms with Gasteiger partial charge in [-0.2, -0.15) is 0 Å². The predicted molar refractivity (Wildman–Crippen MR) is 129 cm³/mol. The van der Waals surface area contributed by atoms with Gasteiger partial charge in [-0.05, 0) is 78.7 Å². The number of hydrogen-bond donors (Lipinski definition) is 0. The molecule has 7 heteroatoms. The van der Waals surface area contributed by atoms with E-state index in [1.54, 1.807) is 24.5 Å². The van der Waals surface area contributed by atoms with E-state index in [0.29, 0.717) is 27.6 Å². The summed E-state index contributed by atoms with van der Waals surface area (Å²) in [5.74, 6) is -0.749. The van der Waals surface area contributed by atoms with Gasteiger partial charge < -0.3 is 4.90 Å². The maximum Gasteiger partial charge on any atom is 0.266 e. The highest BCUT2D eigenvalue weighted by Gasteiger charge is 2.34. The molecule has 1 aromatic heterocycles. The second kappa shape index (κ2) is 8.70. The molecule has 2 heterocycles. The average molecular weight is 474 g/mol. The van der Waals surface area contributed by atoms with E-state index in [1.165, 1.54) is 6.20 Å². The lowest BCUT2D eigenvalue weighted by Crippen LogP contribution is -2.29. The predicted octanol–water partition coefficient (Wildman–Crippen LogP) is 6.31. The number of aromatic nitrogens is 1. The van der Waals surface area contributed by atoms with Crippen molar-refractivity contribution in [1.29, 1.82) is 0 Å². The normalized spacial score (nSPS) is 14.9. The Labute approximate surface area is 200 Å². The second-order valence-electron chi connectivity index (χ2n) is 7.56. The molecular weight excluding hydrogens is 457 g/mol. The summed E-state index contributed by atoms with van der Waals surface area (Å²) in [7, 11) is 0. The molecule has 3 aromatic rings. The summed E-state index contributed by atoms with van der Waals surface area (Å²) in [6.45, 7) is 0. The lowest BCUT2D eigenvalue weighted by atomic mass is 9.98. The molecule has 1 aliphatic heterocycles. The largest absolute Gasteiger partial charge is 0.311 e. The number of allylic oxidation sites excluding steroid dienone is 2. The topological polar surface area (TPSA) is 53.5 Å². The first kappa shape index (κ1) is 21.2. The third kappa shape index (κ3) is 4.09. The van der Waals surface area contributed by atoms with Gasteiger partial charge in [-0.15, -0.1) is 0 Å². The van der Waals surface area contributed by atoms with Crippen LogP contribution in [-0.2, 0) is 4.79 Å². The lowest BCUT2D eigenvalue weighted by molar-refractivity contribution is -0.121. The fourth-order valence-corrected chi connectivity index (χ4v) is 4.10. The number of imide groups is 1. The Morgan fingerprint density at radius 1 is 0.939 bits per heavy atom. The SMILES string of the molecule is O=C1C2=CC(N(c3ccc(Cl)cc3)c3ccc(Cl)cc3)=CCC2=CN1C(=O)c1cccnc1. The standard InChI is InChI=1S/C26H17Cl2N3O2/c27-19-4-9-21(10-5-19)31(22-11-6-20(28)7-12-22)23-8-3-18-16-30(26(33)24(18)14-23)25(32)17-2-1-13-29-15-17/h1-2,4-16H,3H2. The zero-order valence-corrected chi connectivity index (χ0v) is 18.8. The van der Waals surface area contributed by atoms with Gasteiger partial charge in [0.1, 0.15) is 0 Å². The Hall–Kier alpha value is -3.67. The third-order valence-corrected chi connectivity index (χ3v) is 5.96. The van der Waals surface area contributed by atoms with Crippen molar-refractivity contribution in [3.63, 3.8) is 0 Å². The van der Waals surface area contributed by atoms with Gasteiger partial charge in [0.25, 0.3) is 11.8 Å². The quantitative estimate of drug-likeness (QED) is 0.416. The molecule has 0 atom stereocenters. The van der Waals surface area contributed by atoms with Crippen molar-refractivity contribution in [3.05, 3.63) is 124 Å². The monoisotopic (exact) mass is 473 g/mol. The molecule has 5 nitrogen and oxygen atoms in total. The summed E-state index contributed by atoms with van der Waals surface area (Å²) < 4.78 is 0. The molecule has 2 amide bonds. The summed E-state index contributed by atoms with van der Waals surface area (Å²) in [5.41, 5.74) is 4.23. The van der Waals surface area contributed by atoms with Crippen LogP contribution < -0.4 is 4.90 Å². The van der Waals surface area contributed by atoms with Crippen LogP contribution in [0.4, 0.5) is 11.4 Å². The van der Waals surface area contributed by atoms with Crippen LogP contribution >= 0.6 is 23.2 Å². The van der Waals surface area contributed by atoms with Gasteiger partial charge in [-0.3, -0.25) is 14.6 Å². The van der Waals surface area contributed by atoms with E-state index >= 15 is 0 Å². The van der Waals surface area contributed by atoms with Crippen molar-refractivity contribution < 1.29 is 9.59 Å². The minimum absolute atomic E-state index is 0.350. The molecule has 0 bridgehead atoms. The Balaban J connectivity index is 1.51. The molecule has 2 aromatic carbocycles. The number of amides is 2. The molecule has 0 radical (unpaired) electrons. The number of rotatable bonds is 4. The Morgan fingerprint density at radius 2 is 1.58 bits per heavy atom. The number of carbonyl (C=O) groups is 2. The summed E-state index contributed by atoms with van der Waals surface area (Å²) in [5, 5.41) is 1.26. The van der Waals surface area contributed by atoms with Crippen LogP contribution in [0.15, 0.2) is 108 Å². The van der Waals surface area contributed by atoms with Crippen LogP contribution in [0.1, 0.15) is 16.8 Å². The summed E-state index contributed by atoms with van der Waals surface area (Å²) in [6, 6.07) is 18.2. The average Bonchev–Trinajstić information content (AvgIpc) is 3.18. The maximum absolute atomic E-state index is 13.2. The van der Waals surface area contributed by atoms with Gasteiger partial charge in [0.15, 0.2) is 0 Å².